The van der Waals surface area contributed by atoms with Crippen molar-refractivity contribution in [3.8, 4) is 0 Å². The number of rotatable bonds is 7. The average molecular weight is 224 g/mol. The molecule has 0 fully saturated rings. The fourth-order valence-electron chi connectivity index (χ4n) is 1.45. The molecule has 0 aliphatic heterocycles. The van der Waals surface area contributed by atoms with Gasteiger partial charge >= 0.3 is 0 Å². The van der Waals surface area contributed by atoms with E-state index in [9.17, 15) is 0 Å². The van der Waals surface area contributed by atoms with E-state index in [1.165, 1.54) is 16.9 Å². The van der Waals surface area contributed by atoms with E-state index in [4.69, 9.17) is 0 Å². The molecule has 1 aromatic heterocycles. The molecule has 0 aliphatic carbocycles. The molecule has 1 unspecified atom stereocenters. The average Bonchev–Trinajstić information content (AvgIpc) is 2.71. The van der Waals surface area contributed by atoms with Gasteiger partial charge in [0, 0.05) is 17.1 Å². The molecule has 1 aromatic rings. The first kappa shape index (κ1) is 12.4. The monoisotopic (exact) mass is 224 g/mol. The maximum absolute atomic E-state index is 4.13. The molecule has 1 atom stereocenters. The SMILES string of the molecule is C=C(C)CCC(NCCC)c1cncs1. The predicted molar refractivity (Wildman–Crippen MR) is 67.2 cm³/mol. The highest BCUT2D eigenvalue weighted by Crippen LogP contribution is 2.23. The van der Waals surface area contributed by atoms with Crippen LogP contribution in [0.2, 0.25) is 0 Å². The van der Waals surface area contributed by atoms with Gasteiger partial charge in [0.25, 0.3) is 0 Å². The van der Waals surface area contributed by atoms with Crippen molar-refractivity contribution >= 4 is 11.3 Å². The van der Waals surface area contributed by atoms with Gasteiger partial charge in [0.1, 0.15) is 0 Å². The minimum Gasteiger partial charge on any atom is -0.309 e. The van der Waals surface area contributed by atoms with Crippen LogP contribution in [0.1, 0.15) is 44.0 Å². The molecule has 3 heteroatoms. The number of thiazole rings is 1. The van der Waals surface area contributed by atoms with Crippen LogP contribution >= 0.6 is 11.3 Å². The highest BCUT2D eigenvalue weighted by Gasteiger charge is 2.11. The van der Waals surface area contributed by atoms with Crippen LogP contribution in [-0.4, -0.2) is 11.5 Å². The van der Waals surface area contributed by atoms with Crippen LogP contribution in [-0.2, 0) is 0 Å². The van der Waals surface area contributed by atoms with Crippen LogP contribution < -0.4 is 5.32 Å². The number of nitrogens with one attached hydrogen (secondary N) is 1. The molecule has 1 rings (SSSR count). The fraction of sp³-hybridized carbons (Fsp3) is 0.583. The Bertz CT molecular complexity index is 280. The fourth-order valence-corrected chi connectivity index (χ4v) is 2.18. The lowest BCUT2D eigenvalue weighted by Gasteiger charge is -2.16. The lowest BCUT2D eigenvalue weighted by molar-refractivity contribution is 0.505. The Morgan fingerprint density at radius 3 is 3.00 bits per heavy atom. The summed E-state index contributed by atoms with van der Waals surface area (Å²) < 4.78 is 0. The summed E-state index contributed by atoms with van der Waals surface area (Å²) >= 11 is 1.73. The van der Waals surface area contributed by atoms with Crippen molar-refractivity contribution in [1.82, 2.24) is 10.3 Å². The normalized spacial score (nSPS) is 12.7. The maximum Gasteiger partial charge on any atom is 0.0794 e. The van der Waals surface area contributed by atoms with Crippen LogP contribution in [0.25, 0.3) is 0 Å². The smallest absolute Gasteiger partial charge is 0.0794 e. The van der Waals surface area contributed by atoms with Crippen molar-refractivity contribution in [2.24, 2.45) is 0 Å². The van der Waals surface area contributed by atoms with Gasteiger partial charge in [-0.3, -0.25) is 4.98 Å². The van der Waals surface area contributed by atoms with Crippen LogP contribution in [0.4, 0.5) is 0 Å². The van der Waals surface area contributed by atoms with Crippen molar-refractivity contribution in [2.45, 2.75) is 39.2 Å². The summed E-state index contributed by atoms with van der Waals surface area (Å²) in [6.07, 6.45) is 5.34. The maximum atomic E-state index is 4.13. The summed E-state index contributed by atoms with van der Waals surface area (Å²) in [5.41, 5.74) is 3.15. The Balaban J connectivity index is 2.49. The van der Waals surface area contributed by atoms with Crippen molar-refractivity contribution in [1.29, 1.82) is 0 Å². The van der Waals surface area contributed by atoms with Gasteiger partial charge in [0.15, 0.2) is 0 Å². The second-order valence-electron chi connectivity index (χ2n) is 3.91. The molecule has 0 radical (unpaired) electrons. The van der Waals surface area contributed by atoms with Crippen molar-refractivity contribution < 1.29 is 0 Å². The molecule has 15 heavy (non-hydrogen) atoms. The quantitative estimate of drug-likeness (QED) is 0.717. The largest absolute Gasteiger partial charge is 0.309 e. The van der Waals surface area contributed by atoms with Gasteiger partial charge in [-0.1, -0.05) is 12.5 Å². The van der Waals surface area contributed by atoms with E-state index in [-0.39, 0.29) is 0 Å². The van der Waals surface area contributed by atoms with Crippen molar-refractivity contribution in [2.75, 3.05) is 6.54 Å². The van der Waals surface area contributed by atoms with Gasteiger partial charge in [-0.25, -0.2) is 0 Å². The second-order valence-corrected chi connectivity index (χ2v) is 4.82. The number of hydrogen-bond acceptors (Lipinski definition) is 3. The van der Waals surface area contributed by atoms with Gasteiger partial charge < -0.3 is 5.32 Å². The summed E-state index contributed by atoms with van der Waals surface area (Å²) in [4.78, 5) is 5.47. The first-order valence-corrected chi connectivity index (χ1v) is 6.38. The molecule has 0 bridgehead atoms. The van der Waals surface area contributed by atoms with Crippen LogP contribution in [0.15, 0.2) is 23.9 Å². The van der Waals surface area contributed by atoms with E-state index in [0.717, 1.165) is 19.4 Å². The van der Waals surface area contributed by atoms with E-state index in [1.54, 1.807) is 11.3 Å². The van der Waals surface area contributed by atoms with E-state index < -0.39 is 0 Å². The number of nitrogens with zero attached hydrogens (tertiary/aromatic N) is 1. The van der Waals surface area contributed by atoms with E-state index in [1.807, 2.05) is 11.7 Å². The Labute approximate surface area is 96.4 Å². The van der Waals surface area contributed by atoms with Crippen molar-refractivity contribution in [3.05, 3.63) is 28.7 Å². The van der Waals surface area contributed by atoms with Crippen LogP contribution in [0.5, 0.6) is 0 Å². The Hall–Kier alpha value is -0.670. The molecule has 0 spiro atoms. The molecule has 1 N–H and O–H groups in total. The number of aromatic nitrogens is 1. The Kier molecular flexibility index (Phi) is 5.58. The molecule has 1 heterocycles. The zero-order chi connectivity index (χ0) is 11.1. The highest BCUT2D eigenvalue weighted by molar-refractivity contribution is 7.09. The molecule has 0 amide bonds. The second kappa shape index (κ2) is 6.75. The third-order valence-electron chi connectivity index (χ3n) is 2.30. The van der Waals surface area contributed by atoms with Gasteiger partial charge in [0.05, 0.1) is 5.51 Å². The lowest BCUT2D eigenvalue weighted by Crippen LogP contribution is -2.21. The first-order chi connectivity index (χ1) is 7.24. The molecule has 0 saturated carbocycles. The standard InChI is InChI=1S/C12H20N2S/c1-4-7-14-11(6-5-10(2)3)12-8-13-9-15-12/h8-9,11,14H,2,4-7H2,1,3H3. The molecule has 0 aromatic carbocycles. The minimum atomic E-state index is 0.453. The summed E-state index contributed by atoms with van der Waals surface area (Å²) in [6.45, 7) is 9.29. The molecule has 2 nitrogen and oxygen atoms in total. The zero-order valence-electron chi connectivity index (χ0n) is 9.62. The molecule has 0 aliphatic rings. The van der Waals surface area contributed by atoms with Gasteiger partial charge in [-0.15, -0.1) is 17.9 Å². The molecular weight excluding hydrogens is 204 g/mol. The third-order valence-corrected chi connectivity index (χ3v) is 3.18. The van der Waals surface area contributed by atoms with Crippen LogP contribution in [0.3, 0.4) is 0 Å². The lowest BCUT2D eigenvalue weighted by atomic mass is 10.1. The van der Waals surface area contributed by atoms with Gasteiger partial charge in [-0.2, -0.15) is 0 Å². The summed E-state index contributed by atoms with van der Waals surface area (Å²) in [7, 11) is 0. The van der Waals surface area contributed by atoms with E-state index in [2.05, 4.69) is 30.7 Å². The van der Waals surface area contributed by atoms with Gasteiger partial charge in [0.2, 0.25) is 0 Å². The predicted octanol–water partition coefficient (Wildman–Crippen LogP) is 3.54. The topological polar surface area (TPSA) is 24.9 Å². The van der Waals surface area contributed by atoms with E-state index in [0.29, 0.717) is 6.04 Å². The highest BCUT2D eigenvalue weighted by atomic mass is 32.1. The molecule has 84 valence electrons. The summed E-state index contributed by atoms with van der Waals surface area (Å²) in [5.74, 6) is 0. The number of allylic oxidation sites excluding steroid dienone is 1. The number of hydrogen-bond donors (Lipinski definition) is 1. The molecular formula is C12H20N2S. The first-order valence-electron chi connectivity index (χ1n) is 5.50. The third kappa shape index (κ3) is 4.58. The Morgan fingerprint density at radius 2 is 2.47 bits per heavy atom. The zero-order valence-corrected chi connectivity index (χ0v) is 10.4. The summed E-state index contributed by atoms with van der Waals surface area (Å²) in [6, 6.07) is 0.453. The van der Waals surface area contributed by atoms with Gasteiger partial charge in [-0.05, 0) is 32.7 Å². The molecule has 0 saturated heterocycles. The van der Waals surface area contributed by atoms with E-state index >= 15 is 0 Å². The summed E-state index contributed by atoms with van der Waals surface area (Å²) in [5, 5.41) is 3.56. The minimum absolute atomic E-state index is 0.453. The van der Waals surface area contributed by atoms with Crippen molar-refractivity contribution in [3.63, 3.8) is 0 Å². The Morgan fingerprint density at radius 1 is 1.67 bits per heavy atom. The van der Waals surface area contributed by atoms with Crippen LogP contribution in [0, 0.1) is 0 Å².